The van der Waals surface area contributed by atoms with Crippen molar-refractivity contribution < 1.29 is 83.2 Å². The van der Waals surface area contributed by atoms with Crippen LogP contribution >= 0.6 is 0 Å². The maximum Gasteiger partial charge on any atom is 0.256 e. The first kappa shape index (κ1) is 57.6. The summed E-state index contributed by atoms with van der Waals surface area (Å²) in [6.45, 7) is 21.8. The number of Topliss-reactive ketones (excluding diaryl/α,β-unsaturated/α-hetero) is 6. The van der Waals surface area contributed by atoms with Gasteiger partial charge in [-0.05, 0) is 120 Å². The lowest BCUT2D eigenvalue weighted by Crippen LogP contribution is -2.87. The molecule has 7 aliphatic heterocycles. The van der Waals surface area contributed by atoms with Crippen molar-refractivity contribution in [3.8, 4) is 0 Å². The van der Waals surface area contributed by atoms with Crippen molar-refractivity contribution in [3.05, 3.63) is 69.1 Å². The second kappa shape index (κ2) is 17.4. The molecule has 7 heterocycles. The van der Waals surface area contributed by atoms with Crippen LogP contribution in [0.2, 0.25) is 0 Å². The fraction of sp³-hybridized carbons (Fsp3) is 0.697. The highest BCUT2D eigenvalue weighted by atomic mass is 16.7. The summed E-state index contributed by atoms with van der Waals surface area (Å²) < 4.78 is 21.0. The lowest BCUT2D eigenvalue weighted by Gasteiger charge is -2.69. The van der Waals surface area contributed by atoms with Crippen LogP contribution in [-0.2, 0) is 52.6 Å². The van der Waals surface area contributed by atoms with E-state index in [9.17, 15) is 30.6 Å². The molecule has 4 spiro atoms. The van der Waals surface area contributed by atoms with E-state index < -0.39 is 210 Å². The predicted molar refractivity (Wildman–Crippen MR) is 298 cm³/mol. The van der Waals surface area contributed by atoms with Crippen LogP contribution in [0.4, 0.5) is 0 Å². The minimum absolute atomic E-state index is 0.00894. The molecule has 26 atom stereocenters. The number of fused-ring (bicyclic) bond motifs is 9. The van der Waals surface area contributed by atoms with Gasteiger partial charge < -0.3 is 55.5 Å². The third-order valence-corrected chi connectivity index (χ3v) is 25.3. The highest BCUT2D eigenvalue weighted by Gasteiger charge is 3.07. The number of ether oxygens (including phenoxy) is 3. The number of carbonyl (C=O) groups excluding carboxylic acids is 8. The van der Waals surface area contributed by atoms with Gasteiger partial charge in [0.05, 0.1) is 58.9 Å². The largest absolute Gasteiger partial charge is 0.504 e. The van der Waals surface area contributed by atoms with E-state index in [1.54, 1.807) is 13.8 Å². The quantitative estimate of drug-likeness (QED) is 0.147. The second-order valence-electron chi connectivity index (χ2n) is 29.6. The molecule has 14 aliphatic rings. The van der Waals surface area contributed by atoms with Gasteiger partial charge in [-0.25, -0.2) is 0 Å². The number of hydrogen-bond acceptors (Lipinski definition) is 17. The molecule has 85 heavy (non-hydrogen) atoms. The maximum absolute atomic E-state index is 17.6. The number of allylic oxidation sites excluding steroid dienone is 8. The lowest BCUT2D eigenvalue weighted by molar-refractivity contribution is -0.455. The summed E-state index contributed by atoms with van der Waals surface area (Å²) in [5.41, 5.74) is -14.7. The summed E-state index contributed by atoms with van der Waals surface area (Å²) in [5, 5.41) is 86.2. The molecule has 7 aliphatic carbocycles. The first-order valence-electron chi connectivity index (χ1n) is 31.0. The molecule has 19 nitrogen and oxygen atoms in total. The summed E-state index contributed by atoms with van der Waals surface area (Å²) in [7, 11) is 0. The van der Waals surface area contributed by atoms with Gasteiger partial charge >= 0.3 is 0 Å². The Morgan fingerprint density at radius 3 is 1.68 bits per heavy atom. The van der Waals surface area contributed by atoms with Crippen LogP contribution in [-0.4, -0.2) is 143 Å². The van der Waals surface area contributed by atoms with E-state index in [0.29, 0.717) is 24.0 Å². The molecule has 19 heteroatoms. The van der Waals surface area contributed by atoms with E-state index in [-0.39, 0.29) is 48.7 Å². The number of nitrogens with one attached hydrogen (secondary N) is 2. The summed E-state index contributed by atoms with van der Waals surface area (Å²) in [4.78, 5) is 131. The van der Waals surface area contributed by atoms with E-state index >= 15 is 38.4 Å². The Hall–Kier alpha value is -5.12. The summed E-state index contributed by atoms with van der Waals surface area (Å²) >= 11 is 0. The van der Waals surface area contributed by atoms with Gasteiger partial charge in [-0.2, -0.15) is 0 Å². The molecule has 6 bridgehead atoms. The Kier molecular flexibility index (Phi) is 11.8. The van der Waals surface area contributed by atoms with Crippen LogP contribution in [0.3, 0.4) is 0 Å². The number of hydrogen-bond donors (Lipinski definition) is 8. The van der Waals surface area contributed by atoms with Gasteiger partial charge in [-0.1, -0.05) is 88.1 Å². The number of amides is 2. The van der Waals surface area contributed by atoms with Crippen molar-refractivity contribution in [1.82, 2.24) is 10.6 Å². The van der Waals surface area contributed by atoms with Gasteiger partial charge in [0.15, 0.2) is 34.7 Å². The predicted octanol–water partition coefficient (Wildman–Crippen LogP) is 3.64. The summed E-state index contributed by atoms with van der Waals surface area (Å²) in [5.74, 6) is -28.7. The Morgan fingerprint density at radius 1 is 0.635 bits per heavy atom. The van der Waals surface area contributed by atoms with Crippen molar-refractivity contribution >= 4 is 46.5 Å². The maximum atomic E-state index is 17.6. The summed E-state index contributed by atoms with van der Waals surface area (Å²) in [6, 6.07) is -1.19. The van der Waals surface area contributed by atoms with Crippen molar-refractivity contribution in [2.24, 2.45) is 98.1 Å². The van der Waals surface area contributed by atoms with Gasteiger partial charge in [0.25, 0.3) is 5.78 Å². The number of aliphatic hydroxyl groups is 6. The summed E-state index contributed by atoms with van der Waals surface area (Å²) in [6.07, 6.45) is -4.00. The van der Waals surface area contributed by atoms with Crippen LogP contribution in [0, 0.1) is 98.1 Å². The zero-order valence-corrected chi connectivity index (χ0v) is 50.3. The van der Waals surface area contributed by atoms with E-state index in [1.807, 2.05) is 79.7 Å². The van der Waals surface area contributed by atoms with Gasteiger partial charge in [-0.3, -0.25) is 38.4 Å². The highest BCUT2D eigenvalue weighted by molar-refractivity contribution is 6.29. The minimum Gasteiger partial charge on any atom is -0.504 e. The standard InChI is InChI=1S/C66H80N2O17/c1-23(2)17-35-42-29(9)27(7)21-33-19-25(5)13-15-37(69)47(72)39-40(50(74)59(33,42)57(78)67-35)53-61-44(48(39)83-53)31(11)49(73)63(80,56(61)77)65-55-45-41-51(75)60-34(22-28(8)30(10)43(60)36(18-24(3)4)68-58(60)79)20-26(6)14-16-38(70)64(45,81)85-66(65,82)52(76)46(71)32(12)62(61,65)54(41)84-55/h19-24,29-30,33-43,45,48,53-55,69-71,80-82H,13-18H2,1-12H3,(H,67,78)(H,68,79). The number of ketones is 6. The van der Waals surface area contributed by atoms with Gasteiger partial charge in [0.2, 0.25) is 29.0 Å². The second-order valence-corrected chi connectivity index (χ2v) is 29.6. The smallest absolute Gasteiger partial charge is 0.256 e. The van der Waals surface area contributed by atoms with Crippen LogP contribution in [0.1, 0.15) is 122 Å². The molecule has 0 radical (unpaired) electrons. The zero-order chi connectivity index (χ0) is 61.4. The molecular formula is C66H80N2O17. The molecule has 26 unspecified atom stereocenters. The van der Waals surface area contributed by atoms with Gasteiger partial charge in [-0.15, -0.1) is 0 Å². The van der Waals surface area contributed by atoms with Crippen LogP contribution in [0.25, 0.3) is 0 Å². The minimum atomic E-state index is -3.91. The fourth-order valence-corrected chi connectivity index (χ4v) is 22.4. The van der Waals surface area contributed by atoms with Crippen LogP contribution in [0.5, 0.6) is 0 Å². The molecule has 14 rings (SSSR count). The molecule has 0 aromatic heterocycles. The van der Waals surface area contributed by atoms with Crippen molar-refractivity contribution in [1.29, 1.82) is 0 Å². The van der Waals surface area contributed by atoms with Crippen LogP contribution in [0.15, 0.2) is 69.1 Å². The Bertz CT molecular complexity index is 3440. The zero-order valence-electron chi connectivity index (χ0n) is 50.3. The Labute approximate surface area is 493 Å². The van der Waals surface area contributed by atoms with Crippen molar-refractivity contribution in [2.75, 3.05) is 0 Å². The monoisotopic (exact) mass is 1170 g/mol. The van der Waals surface area contributed by atoms with Crippen LogP contribution < -0.4 is 10.6 Å². The van der Waals surface area contributed by atoms with E-state index in [4.69, 9.17) is 14.2 Å². The van der Waals surface area contributed by atoms with E-state index in [2.05, 4.69) is 10.6 Å². The van der Waals surface area contributed by atoms with Crippen molar-refractivity contribution in [2.45, 2.75) is 187 Å². The molecule has 8 N–H and O–H groups in total. The molecule has 0 aromatic carbocycles. The third kappa shape index (κ3) is 5.74. The molecule has 1 saturated carbocycles. The highest BCUT2D eigenvalue weighted by Crippen LogP contribution is 2.92. The average molecular weight is 1170 g/mol. The third-order valence-electron chi connectivity index (χ3n) is 25.3. The number of rotatable bonds is 4. The first-order valence-corrected chi connectivity index (χ1v) is 31.0. The fourth-order valence-electron chi connectivity index (χ4n) is 22.4. The molecular weight excluding hydrogens is 1090 g/mol. The van der Waals surface area contributed by atoms with E-state index in [0.717, 1.165) is 11.1 Å². The number of aliphatic hydroxyl groups excluding tert-OH is 3. The SMILES string of the molecule is CC1=CC2C=C(C)C(C)C3C(CC(C)C)NC(=O)C23C(=O)C2C(C(=O)C(O)CC1)C1OC2C23C(=O)C(O)(C(=O)C(C)=C12)C12C4OC5C6C(=O)C78C(=O)NC(CC(C)C)C7C(C)C(C)=CC8C=C(C)CCC(O)C(O)(OC1(O)C(=O)C(O)=C(C)C532)C64. The average Bonchev–Trinajstić information content (AvgIpc) is 1.40. The molecule has 2 amide bonds. The van der Waals surface area contributed by atoms with Gasteiger partial charge in [0, 0.05) is 35.8 Å². The first-order chi connectivity index (χ1) is 39.8. The lowest BCUT2D eigenvalue weighted by atomic mass is 9.34. The topological polar surface area (TPSA) is 310 Å². The molecule has 0 aromatic rings. The number of carbonyl (C=O) groups is 8. The molecule has 456 valence electrons. The normalized spacial score (nSPS) is 52.6. The Balaban J connectivity index is 1.09. The molecule has 7 saturated heterocycles. The molecule has 8 fully saturated rings. The van der Waals surface area contributed by atoms with Crippen molar-refractivity contribution in [3.63, 3.8) is 0 Å². The van der Waals surface area contributed by atoms with E-state index in [1.165, 1.54) is 13.8 Å². The Morgan fingerprint density at radius 2 is 1.15 bits per heavy atom. The van der Waals surface area contributed by atoms with Gasteiger partial charge in [0.1, 0.15) is 28.5 Å².